The molecule has 2 aromatic rings. The minimum Gasteiger partial charge on any atom is -0.325 e. The number of para-hydroxylation sites is 1. The van der Waals surface area contributed by atoms with E-state index in [-0.39, 0.29) is 16.7 Å². The first-order valence-electron chi connectivity index (χ1n) is 7.63. The van der Waals surface area contributed by atoms with E-state index in [4.69, 9.17) is 0 Å². The third-order valence-corrected chi connectivity index (χ3v) is 4.32. The molecule has 0 aliphatic heterocycles. The maximum Gasteiger partial charge on any atom is 0.251 e. The number of aromatic nitrogens is 2. The van der Waals surface area contributed by atoms with Gasteiger partial charge in [0.05, 0.1) is 5.25 Å². The van der Waals surface area contributed by atoms with Gasteiger partial charge in [0.2, 0.25) is 5.91 Å². The number of hydrogen-bond donors (Lipinski definition) is 2. The Morgan fingerprint density at radius 1 is 1.39 bits per heavy atom. The zero-order valence-electron chi connectivity index (χ0n) is 13.6. The van der Waals surface area contributed by atoms with Crippen molar-refractivity contribution in [1.82, 2.24) is 9.97 Å². The van der Waals surface area contributed by atoms with E-state index in [9.17, 15) is 9.59 Å². The largest absolute Gasteiger partial charge is 0.325 e. The number of aryl methyl sites for hydroxylation is 2. The van der Waals surface area contributed by atoms with Crippen molar-refractivity contribution < 1.29 is 4.79 Å². The van der Waals surface area contributed by atoms with Crippen molar-refractivity contribution >= 4 is 23.4 Å². The van der Waals surface area contributed by atoms with Crippen molar-refractivity contribution in [3.63, 3.8) is 0 Å². The SMILES string of the molecule is CCCc1cc(=O)[nH]c(S[C@H](C)C(=O)Nc2ccccc2C)n1. The van der Waals surface area contributed by atoms with Gasteiger partial charge in [0, 0.05) is 17.4 Å². The number of nitrogens with one attached hydrogen (secondary N) is 2. The van der Waals surface area contributed by atoms with Crippen LogP contribution in [0.1, 0.15) is 31.5 Å². The first-order valence-corrected chi connectivity index (χ1v) is 8.51. The van der Waals surface area contributed by atoms with Gasteiger partial charge in [0.25, 0.3) is 5.56 Å². The van der Waals surface area contributed by atoms with Gasteiger partial charge in [-0.3, -0.25) is 9.59 Å². The number of rotatable bonds is 6. The molecule has 1 aromatic carbocycles. The number of benzene rings is 1. The van der Waals surface area contributed by atoms with Gasteiger partial charge in [0.1, 0.15) is 0 Å². The smallest absolute Gasteiger partial charge is 0.251 e. The highest BCUT2D eigenvalue weighted by Crippen LogP contribution is 2.21. The third kappa shape index (κ3) is 4.96. The summed E-state index contributed by atoms with van der Waals surface area (Å²) in [6.07, 6.45) is 1.67. The van der Waals surface area contributed by atoms with Crippen molar-refractivity contribution in [1.29, 1.82) is 0 Å². The van der Waals surface area contributed by atoms with Gasteiger partial charge in [-0.15, -0.1) is 0 Å². The Labute approximate surface area is 139 Å². The third-order valence-electron chi connectivity index (χ3n) is 3.34. The molecule has 0 saturated carbocycles. The molecule has 1 amide bonds. The molecule has 122 valence electrons. The van der Waals surface area contributed by atoms with Crippen molar-refractivity contribution in [3.05, 3.63) is 51.9 Å². The fourth-order valence-electron chi connectivity index (χ4n) is 2.09. The second kappa shape index (κ2) is 7.97. The van der Waals surface area contributed by atoms with Crippen LogP contribution in [-0.2, 0) is 11.2 Å². The standard InChI is InChI=1S/C17H21N3O2S/c1-4-7-13-10-15(21)20-17(18-13)23-12(3)16(22)19-14-9-6-5-8-11(14)2/h5-6,8-10,12H,4,7H2,1-3H3,(H,19,22)(H,18,20,21)/t12-/m1/s1. The number of amides is 1. The number of carbonyl (C=O) groups is 1. The lowest BCUT2D eigenvalue weighted by molar-refractivity contribution is -0.115. The van der Waals surface area contributed by atoms with Crippen LogP contribution in [0.25, 0.3) is 0 Å². The van der Waals surface area contributed by atoms with Crippen LogP contribution in [0.5, 0.6) is 0 Å². The molecule has 0 unspecified atom stereocenters. The molecule has 0 bridgehead atoms. The topological polar surface area (TPSA) is 74.8 Å². The quantitative estimate of drug-likeness (QED) is 0.630. The first kappa shape index (κ1) is 17.3. The van der Waals surface area contributed by atoms with E-state index in [1.807, 2.05) is 38.1 Å². The fourth-order valence-corrected chi connectivity index (χ4v) is 2.92. The van der Waals surface area contributed by atoms with Gasteiger partial charge < -0.3 is 10.3 Å². The van der Waals surface area contributed by atoms with Crippen LogP contribution >= 0.6 is 11.8 Å². The predicted octanol–water partition coefficient (Wildman–Crippen LogP) is 3.15. The molecule has 0 fully saturated rings. The van der Waals surface area contributed by atoms with Crippen LogP contribution < -0.4 is 10.9 Å². The molecule has 0 spiro atoms. The predicted molar refractivity (Wildman–Crippen MR) is 94.0 cm³/mol. The summed E-state index contributed by atoms with van der Waals surface area (Å²) < 4.78 is 0. The van der Waals surface area contributed by atoms with Gasteiger partial charge in [-0.2, -0.15) is 0 Å². The molecule has 0 aliphatic rings. The average molecular weight is 331 g/mol. The van der Waals surface area contributed by atoms with E-state index in [1.54, 1.807) is 6.92 Å². The second-order valence-corrected chi connectivity index (χ2v) is 6.69. The lowest BCUT2D eigenvalue weighted by Crippen LogP contribution is -2.23. The Morgan fingerprint density at radius 3 is 2.83 bits per heavy atom. The molecule has 0 saturated heterocycles. The number of H-pyrrole nitrogens is 1. The molecule has 2 rings (SSSR count). The summed E-state index contributed by atoms with van der Waals surface area (Å²) in [5.74, 6) is -0.118. The van der Waals surface area contributed by atoms with E-state index < -0.39 is 0 Å². The van der Waals surface area contributed by atoms with Gasteiger partial charge in [0.15, 0.2) is 5.16 Å². The Bertz CT molecular complexity index is 743. The number of hydrogen-bond acceptors (Lipinski definition) is 4. The maximum absolute atomic E-state index is 12.3. The Kier molecular flexibility index (Phi) is 5.98. The minimum atomic E-state index is -0.366. The number of nitrogens with zero attached hydrogens (tertiary/aromatic N) is 1. The van der Waals surface area contributed by atoms with Crippen LogP contribution in [0.15, 0.2) is 40.3 Å². The molecule has 1 heterocycles. The number of thioether (sulfide) groups is 1. The molecule has 6 heteroatoms. The van der Waals surface area contributed by atoms with Gasteiger partial charge in [-0.1, -0.05) is 43.3 Å². The summed E-state index contributed by atoms with van der Waals surface area (Å²) in [6.45, 7) is 5.78. The van der Waals surface area contributed by atoms with Gasteiger partial charge in [-0.25, -0.2) is 4.98 Å². The molecular weight excluding hydrogens is 310 g/mol. The van der Waals surface area contributed by atoms with Crippen molar-refractivity contribution in [3.8, 4) is 0 Å². The maximum atomic E-state index is 12.3. The van der Waals surface area contributed by atoms with Crippen LogP contribution in [0, 0.1) is 6.92 Å². The lowest BCUT2D eigenvalue weighted by Gasteiger charge is -2.13. The number of aromatic amines is 1. The van der Waals surface area contributed by atoms with Crippen molar-refractivity contribution in [2.45, 2.75) is 44.0 Å². The molecule has 1 atom stereocenters. The summed E-state index contributed by atoms with van der Waals surface area (Å²) in [5.41, 5.74) is 2.38. The highest BCUT2D eigenvalue weighted by molar-refractivity contribution is 8.00. The van der Waals surface area contributed by atoms with Crippen LogP contribution in [0.4, 0.5) is 5.69 Å². The summed E-state index contributed by atoms with van der Waals surface area (Å²) in [4.78, 5) is 31.1. The Morgan fingerprint density at radius 2 is 2.13 bits per heavy atom. The summed E-state index contributed by atoms with van der Waals surface area (Å²) in [7, 11) is 0. The highest BCUT2D eigenvalue weighted by Gasteiger charge is 2.17. The lowest BCUT2D eigenvalue weighted by atomic mass is 10.2. The van der Waals surface area contributed by atoms with E-state index in [0.29, 0.717) is 5.16 Å². The first-order chi connectivity index (χ1) is 11.0. The molecule has 1 aromatic heterocycles. The normalized spacial score (nSPS) is 12.0. The Hall–Kier alpha value is -2.08. The molecule has 0 aliphatic carbocycles. The van der Waals surface area contributed by atoms with E-state index in [1.165, 1.54) is 17.8 Å². The minimum absolute atomic E-state index is 0.118. The second-order valence-electron chi connectivity index (χ2n) is 5.36. The fraction of sp³-hybridized carbons (Fsp3) is 0.353. The van der Waals surface area contributed by atoms with Gasteiger partial charge >= 0.3 is 0 Å². The van der Waals surface area contributed by atoms with Crippen molar-refractivity contribution in [2.75, 3.05) is 5.32 Å². The van der Waals surface area contributed by atoms with E-state index >= 15 is 0 Å². The molecule has 5 nitrogen and oxygen atoms in total. The number of carbonyl (C=O) groups excluding carboxylic acids is 1. The number of anilines is 1. The highest BCUT2D eigenvalue weighted by atomic mass is 32.2. The van der Waals surface area contributed by atoms with Crippen LogP contribution in [-0.4, -0.2) is 21.1 Å². The van der Waals surface area contributed by atoms with E-state index in [2.05, 4.69) is 15.3 Å². The molecule has 2 N–H and O–H groups in total. The van der Waals surface area contributed by atoms with Crippen LogP contribution in [0.2, 0.25) is 0 Å². The zero-order chi connectivity index (χ0) is 16.8. The summed E-state index contributed by atoms with van der Waals surface area (Å²) in [6, 6.07) is 9.13. The van der Waals surface area contributed by atoms with E-state index in [0.717, 1.165) is 29.8 Å². The van der Waals surface area contributed by atoms with Gasteiger partial charge in [-0.05, 0) is 31.9 Å². The zero-order valence-corrected chi connectivity index (χ0v) is 14.4. The average Bonchev–Trinajstić information content (AvgIpc) is 2.49. The van der Waals surface area contributed by atoms with Crippen molar-refractivity contribution in [2.24, 2.45) is 0 Å². The summed E-state index contributed by atoms with van der Waals surface area (Å²) >= 11 is 1.25. The molecular formula is C17H21N3O2S. The monoisotopic (exact) mass is 331 g/mol. The molecule has 0 radical (unpaired) electrons. The van der Waals surface area contributed by atoms with Crippen LogP contribution in [0.3, 0.4) is 0 Å². The molecule has 23 heavy (non-hydrogen) atoms. The summed E-state index contributed by atoms with van der Waals surface area (Å²) in [5, 5.41) is 3.02. The Balaban J connectivity index is 2.06.